The number of hydrogen-bond acceptors (Lipinski definition) is 3. The molecule has 21 heavy (non-hydrogen) atoms. The monoisotopic (exact) mass is 286 g/mol. The van der Waals surface area contributed by atoms with Crippen molar-refractivity contribution < 1.29 is 14.3 Å². The van der Waals surface area contributed by atoms with E-state index < -0.39 is 0 Å². The Morgan fingerprint density at radius 1 is 1.38 bits per heavy atom. The van der Waals surface area contributed by atoms with Crippen LogP contribution in [0.15, 0.2) is 36.4 Å². The molecule has 2 atom stereocenters. The number of ether oxygens (including phenoxy) is 2. The molecular formula is C18H22O3. The zero-order valence-electron chi connectivity index (χ0n) is 12.6. The van der Waals surface area contributed by atoms with E-state index in [-0.39, 0.29) is 11.4 Å². The van der Waals surface area contributed by atoms with E-state index in [4.69, 9.17) is 9.47 Å². The first-order valence-corrected chi connectivity index (χ1v) is 7.69. The zero-order valence-corrected chi connectivity index (χ0v) is 12.6. The van der Waals surface area contributed by atoms with Gasteiger partial charge in [-0.2, -0.15) is 0 Å². The molecule has 112 valence electrons. The normalized spacial score (nSPS) is 27.6. The van der Waals surface area contributed by atoms with Crippen molar-refractivity contribution in [3.8, 4) is 5.75 Å². The van der Waals surface area contributed by atoms with Gasteiger partial charge in [0.05, 0.1) is 18.6 Å². The molecule has 0 N–H and O–H groups in total. The fourth-order valence-electron chi connectivity index (χ4n) is 3.55. The van der Waals surface area contributed by atoms with Gasteiger partial charge in [-0.1, -0.05) is 31.2 Å². The summed E-state index contributed by atoms with van der Waals surface area (Å²) >= 11 is 0. The molecule has 1 saturated carbocycles. The number of rotatable bonds is 5. The van der Waals surface area contributed by atoms with Gasteiger partial charge in [-0.15, -0.1) is 0 Å². The minimum Gasteiger partial charge on any atom is -0.494 e. The van der Waals surface area contributed by atoms with E-state index in [9.17, 15) is 4.79 Å². The van der Waals surface area contributed by atoms with Crippen LogP contribution in [0.2, 0.25) is 0 Å². The maximum atomic E-state index is 12.2. The zero-order chi connectivity index (χ0) is 14.9. The van der Waals surface area contributed by atoms with Crippen molar-refractivity contribution in [2.75, 3.05) is 13.2 Å². The molecule has 1 heterocycles. The van der Waals surface area contributed by atoms with Crippen LogP contribution in [0.5, 0.6) is 5.75 Å². The first-order valence-electron chi connectivity index (χ1n) is 7.69. The Bertz CT molecular complexity index is 546. The molecule has 1 aliphatic carbocycles. The summed E-state index contributed by atoms with van der Waals surface area (Å²) in [6.07, 6.45) is 3.43. The maximum absolute atomic E-state index is 12.2. The van der Waals surface area contributed by atoms with Crippen molar-refractivity contribution in [3.63, 3.8) is 0 Å². The van der Waals surface area contributed by atoms with Crippen LogP contribution >= 0.6 is 0 Å². The number of hydrogen-bond donors (Lipinski definition) is 0. The highest BCUT2D eigenvalue weighted by atomic mass is 16.5. The number of carbonyl (C=O) groups excluding carboxylic acids is 1. The van der Waals surface area contributed by atoms with Crippen molar-refractivity contribution in [1.29, 1.82) is 0 Å². The van der Waals surface area contributed by atoms with Gasteiger partial charge in [0.2, 0.25) is 0 Å². The molecule has 2 fully saturated rings. The van der Waals surface area contributed by atoms with E-state index in [1.807, 2.05) is 12.1 Å². The molecule has 3 rings (SSSR count). The lowest BCUT2D eigenvalue weighted by atomic mass is 9.75. The second kappa shape index (κ2) is 5.55. The standard InChI is InChI=1S/C18H22O3/c1-3-8-20-16-6-4-14(5-7-16)11-18-10-13(2)9-15(18)12-21-17(18)19/h4-7,15H,2-3,8-12H2,1H3. The van der Waals surface area contributed by atoms with Crippen LogP contribution < -0.4 is 4.74 Å². The average molecular weight is 286 g/mol. The molecule has 1 aliphatic heterocycles. The Kier molecular flexibility index (Phi) is 3.75. The molecule has 1 aromatic rings. The van der Waals surface area contributed by atoms with Gasteiger partial charge in [0.1, 0.15) is 5.75 Å². The number of allylic oxidation sites excluding steroid dienone is 1. The second-order valence-electron chi connectivity index (χ2n) is 6.25. The predicted molar refractivity (Wildman–Crippen MR) is 81.2 cm³/mol. The summed E-state index contributed by atoms with van der Waals surface area (Å²) in [5, 5.41) is 0. The van der Waals surface area contributed by atoms with Crippen molar-refractivity contribution >= 4 is 5.97 Å². The Hall–Kier alpha value is -1.77. The van der Waals surface area contributed by atoms with Crippen molar-refractivity contribution in [2.24, 2.45) is 11.3 Å². The summed E-state index contributed by atoms with van der Waals surface area (Å²) in [5.41, 5.74) is 1.97. The van der Waals surface area contributed by atoms with Crippen LogP contribution in [0.25, 0.3) is 0 Å². The number of carbonyl (C=O) groups is 1. The number of fused-ring (bicyclic) bond motifs is 1. The van der Waals surface area contributed by atoms with Crippen LogP contribution in [0, 0.1) is 11.3 Å². The molecule has 3 nitrogen and oxygen atoms in total. The SMILES string of the molecule is C=C1CC2COC(=O)C2(Cc2ccc(OCCC)cc2)C1. The predicted octanol–water partition coefficient (Wildman–Crippen LogP) is 3.53. The lowest BCUT2D eigenvalue weighted by molar-refractivity contribution is -0.146. The van der Waals surface area contributed by atoms with Gasteiger partial charge in [0.15, 0.2) is 0 Å². The van der Waals surface area contributed by atoms with Crippen LogP contribution in [-0.2, 0) is 16.0 Å². The summed E-state index contributed by atoms with van der Waals surface area (Å²) in [5.74, 6) is 1.14. The maximum Gasteiger partial charge on any atom is 0.313 e. The van der Waals surface area contributed by atoms with E-state index in [1.165, 1.54) is 5.57 Å². The molecule has 0 aromatic heterocycles. The minimum atomic E-state index is -0.372. The van der Waals surface area contributed by atoms with Gasteiger partial charge in [0.25, 0.3) is 0 Å². The largest absolute Gasteiger partial charge is 0.494 e. The lowest BCUT2D eigenvalue weighted by Crippen LogP contribution is -2.31. The topological polar surface area (TPSA) is 35.5 Å². The van der Waals surface area contributed by atoms with Crippen LogP contribution in [0.4, 0.5) is 0 Å². The average Bonchev–Trinajstić information content (AvgIpc) is 2.94. The molecule has 2 aliphatic rings. The van der Waals surface area contributed by atoms with Gasteiger partial charge in [-0.3, -0.25) is 4.79 Å². The first kappa shape index (κ1) is 14.2. The Morgan fingerprint density at radius 3 is 2.86 bits per heavy atom. The van der Waals surface area contributed by atoms with Crippen molar-refractivity contribution in [2.45, 2.75) is 32.6 Å². The molecular weight excluding hydrogens is 264 g/mol. The van der Waals surface area contributed by atoms with Crippen LogP contribution in [0.3, 0.4) is 0 Å². The molecule has 1 saturated heterocycles. The minimum absolute atomic E-state index is 0.0440. The highest BCUT2D eigenvalue weighted by Gasteiger charge is 2.55. The van der Waals surface area contributed by atoms with Gasteiger partial charge < -0.3 is 9.47 Å². The summed E-state index contributed by atoms with van der Waals surface area (Å²) < 4.78 is 10.9. The summed E-state index contributed by atoms with van der Waals surface area (Å²) in [6, 6.07) is 8.09. The summed E-state index contributed by atoms with van der Waals surface area (Å²) in [4.78, 5) is 12.2. The van der Waals surface area contributed by atoms with Gasteiger partial charge in [-0.25, -0.2) is 0 Å². The highest BCUT2D eigenvalue weighted by molar-refractivity contribution is 5.81. The summed E-state index contributed by atoms with van der Waals surface area (Å²) in [7, 11) is 0. The molecule has 0 radical (unpaired) electrons. The summed E-state index contributed by atoms with van der Waals surface area (Å²) in [6.45, 7) is 7.45. The van der Waals surface area contributed by atoms with E-state index in [1.54, 1.807) is 0 Å². The Balaban J connectivity index is 1.76. The smallest absolute Gasteiger partial charge is 0.313 e. The van der Waals surface area contributed by atoms with Crippen LogP contribution in [0.1, 0.15) is 31.7 Å². The van der Waals surface area contributed by atoms with E-state index in [2.05, 4.69) is 25.6 Å². The number of benzene rings is 1. The third-order valence-electron chi connectivity index (χ3n) is 4.62. The molecule has 3 heteroatoms. The first-order chi connectivity index (χ1) is 10.1. The van der Waals surface area contributed by atoms with Gasteiger partial charge in [0, 0.05) is 5.92 Å². The third kappa shape index (κ3) is 2.57. The van der Waals surface area contributed by atoms with Crippen LogP contribution in [-0.4, -0.2) is 19.2 Å². The van der Waals surface area contributed by atoms with E-state index >= 15 is 0 Å². The molecule has 0 bridgehead atoms. The Labute approximate surface area is 125 Å². The molecule has 0 spiro atoms. The highest BCUT2D eigenvalue weighted by Crippen LogP contribution is 2.52. The van der Waals surface area contributed by atoms with Crippen molar-refractivity contribution in [1.82, 2.24) is 0 Å². The number of cyclic esters (lactones) is 1. The molecule has 1 aromatic carbocycles. The van der Waals surface area contributed by atoms with E-state index in [0.717, 1.165) is 43.6 Å². The van der Waals surface area contributed by atoms with E-state index in [0.29, 0.717) is 12.5 Å². The second-order valence-corrected chi connectivity index (χ2v) is 6.25. The number of esters is 1. The van der Waals surface area contributed by atoms with Gasteiger partial charge >= 0.3 is 5.97 Å². The fourth-order valence-corrected chi connectivity index (χ4v) is 3.55. The third-order valence-corrected chi connectivity index (χ3v) is 4.62. The fraction of sp³-hybridized carbons (Fsp3) is 0.500. The molecule has 0 amide bonds. The van der Waals surface area contributed by atoms with Crippen molar-refractivity contribution in [3.05, 3.63) is 42.0 Å². The molecule has 2 unspecified atom stereocenters. The lowest BCUT2D eigenvalue weighted by Gasteiger charge is -2.24. The Morgan fingerprint density at radius 2 is 2.14 bits per heavy atom. The quantitative estimate of drug-likeness (QED) is 0.613. The van der Waals surface area contributed by atoms with Gasteiger partial charge in [-0.05, 0) is 43.4 Å².